The van der Waals surface area contributed by atoms with Crippen molar-refractivity contribution in [2.24, 2.45) is 11.8 Å². The van der Waals surface area contributed by atoms with Gasteiger partial charge in [0.25, 0.3) is 0 Å². The third kappa shape index (κ3) is 3.58. The first-order valence-corrected chi connectivity index (χ1v) is 6.94. The van der Waals surface area contributed by atoms with E-state index in [0.717, 1.165) is 18.8 Å². The summed E-state index contributed by atoms with van der Waals surface area (Å²) in [6.45, 7) is 2.25. The zero-order valence-corrected chi connectivity index (χ0v) is 11.2. The fraction of sp³-hybridized carbons (Fsp3) is 0.471. The van der Waals surface area contributed by atoms with Crippen LogP contribution in [-0.4, -0.2) is 0 Å². The van der Waals surface area contributed by atoms with E-state index in [9.17, 15) is 4.39 Å². The van der Waals surface area contributed by atoms with Gasteiger partial charge in [-0.3, -0.25) is 0 Å². The van der Waals surface area contributed by atoms with E-state index in [0.29, 0.717) is 11.5 Å². The second-order valence-corrected chi connectivity index (χ2v) is 5.20. The molecule has 1 aromatic rings. The highest BCUT2D eigenvalue weighted by Gasteiger charge is 2.18. The van der Waals surface area contributed by atoms with Gasteiger partial charge in [-0.15, -0.1) is 0 Å². The number of benzene rings is 1. The Hall–Kier alpha value is -1.80. The van der Waals surface area contributed by atoms with Crippen LogP contribution in [0.2, 0.25) is 0 Å². The van der Waals surface area contributed by atoms with Crippen molar-refractivity contribution in [3.8, 4) is 17.9 Å². The van der Waals surface area contributed by atoms with Crippen LogP contribution in [0.5, 0.6) is 0 Å². The Morgan fingerprint density at radius 2 is 2.00 bits per heavy atom. The Balaban J connectivity index is 2.01. The van der Waals surface area contributed by atoms with Crippen molar-refractivity contribution in [3.63, 3.8) is 0 Å². The summed E-state index contributed by atoms with van der Waals surface area (Å²) in [5, 5.41) is 8.67. The summed E-state index contributed by atoms with van der Waals surface area (Å²) >= 11 is 0. The van der Waals surface area contributed by atoms with Crippen LogP contribution in [0.4, 0.5) is 4.39 Å². The predicted octanol–water partition coefficient (Wildman–Crippen LogP) is 4.27. The van der Waals surface area contributed by atoms with Gasteiger partial charge < -0.3 is 0 Å². The molecule has 0 heterocycles. The van der Waals surface area contributed by atoms with Gasteiger partial charge in [-0.05, 0) is 49.8 Å². The van der Waals surface area contributed by atoms with Crippen molar-refractivity contribution in [1.82, 2.24) is 0 Å². The highest BCUT2D eigenvalue weighted by molar-refractivity contribution is 5.41. The summed E-state index contributed by atoms with van der Waals surface area (Å²) < 4.78 is 13.4. The third-order valence-corrected chi connectivity index (χ3v) is 3.93. The maximum absolute atomic E-state index is 13.4. The molecule has 0 radical (unpaired) electrons. The molecule has 0 atom stereocenters. The van der Waals surface area contributed by atoms with Crippen LogP contribution in [0.25, 0.3) is 0 Å². The molecule has 0 saturated heterocycles. The number of nitriles is 1. The van der Waals surface area contributed by atoms with Crippen LogP contribution in [0, 0.1) is 40.8 Å². The van der Waals surface area contributed by atoms with Crippen LogP contribution < -0.4 is 0 Å². The molecule has 0 spiro atoms. The molecule has 19 heavy (non-hydrogen) atoms. The van der Waals surface area contributed by atoms with E-state index in [1.54, 1.807) is 6.07 Å². The van der Waals surface area contributed by atoms with E-state index >= 15 is 0 Å². The van der Waals surface area contributed by atoms with Gasteiger partial charge in [0, 0.05) is 11.5 Å². The lowest BCUT2D eigenvalue weighted by Gasteiger charge is -2.24. The zero-order chi connectivity index (χ0) is 13.7. The van der Waals surface area contributed by atoms with Crippen molar-refractivity contribution in [2.45, 2.75) is 39.0 Å². The quantitative estimate of drug-likeness (QED) is 0.688. The summed E-state index contributed by atoms with van der Waals surface area (Å²) in [7, 11) is 0. The molecule has 2 rings (SSSR count). The molecule has 98 valence electrons. The van der Waals surface area contributed by atoms with E-state index in [1.165, 1.54) is 31.4 Å². The molecule has 0 aliphatic heterocycles. The summed E-state index contributed by atoms with van der Waals surface area (Å²) in [6.07, 6.45) is 6.10. The SMILES string of the molecule is CCC1CCC(C#Cc2ccc(C#N)c(F)c2)CC1. The van der Waals surface area contributed by atoms with Crippen LogP contribution >= 0.6 is 0 Å². The Morgan fingerprint density at radius 3 is 2.58 bits per heavy atom. The molecule has 1 aliphatic carbocycles. The average molecular weight is 255 g/mol. The van der Waals surface area contributed by atoms with Gasteiger partial charge >= 0.3 is 0 Å². The first-order valence-electron chi connectivity index (χ1n) is 6.94. The van der Waals surface area contributed by atoms with E-state index in [1.807, 2.05) is 6.07 Å². The highest BCUT2D eigenvalue weighted by atomic mass is 19.1. The Morgan fingerprint density at radius 1 is 1.26 bits per heavy atom. The van der Waals surface area contributed by atoms with E-state index < -0.39 is 5.82 Å². The summed E-state index contributed by atoms with van der Waals surface area (Å²) in [6, 6.07) is 6.37. The zero-order valence-electron chi connectivity index (χ0n) is 11.2. The standard InChI is InChI=1S/C17H18FN/c1-2-13-3-5-14(6-4-13)7-8-15-9-10-16(12-19)17(18)11-15/h9-11,13-14H,2-6H2,1H3. The highest BCUT2D eigenvalue weighted by Crippen LogP contribution is 2.30. The lowest BCUT2D eigenvalue weighted by atomic mass is 9.81. The van der Waals surface area contributed by atoms with Gasteiger partial charge in [0.05, 0.1) is 5.56 Å². The van der Waals surface area contributed by atoms with E-state index in [2.05, 4.69) is 18.8 Å². The van der Waals surface area contributed by atoms with E-state index in [-0.39, 0.29) is 5.56 Å². The molecule has 1 saturated carbocycles. The second kappa shape index (κ2) is 6.39. The minimum atomic E-state index is -0.482. The van der Waals surface area contributed by atoms with Gasteiger partial charge in [-0.2, -0.15) is 5.26 Å². The van der Waals surface area contributed by atoms with Gasteiger partial charge in [0.2, 0.25) is 0 Å². The molecule has 1 nitrogen and oxygen atoms in total. The first kappa shape index (κ1) is 13.6. The van der Waals surface area contributed by atoms with Crippen LogP contribution in [0.15, 0.2) is 18.2 Å². The predicted molar refractivity (Wildman–Crippen MR) is 73.7 cm³/mol. The fourth-order valence-corrected chi connectivity index (χ4v) is 2.58. The minimum Gasteiger partial charge on any atom is -0.206 e. The molecule has 2 heteroatoms. The van der Waals surface area contributed by atoms with Crippen molar-refractivity contribution in [3.05, 3.63) is 35.1 Å². The average Bonchev–Trinajstić information content (AvgIpc) is 2.46. The summed E-state index contributed by atoms with van der Waals surface area (Å²) in [5.41, 5.74) is 0.739. The third-order valence-electron chi connectivity index (χ3n) is 3.93. The topological polar surface area (TPSA) is 23.8 Å². The molecule has 0 unspecified atom stereocenters. The maximum Gasteiger partial charge on any atom is 0.142 e. The monoisotopic (exact) mass is 255 g/mol. The molecule has 0 aromatic heterocycles. The largest absolute Gasteiger partial charge is 0.206 e. The summed E-state index contributed by atoms with van der Waals surface area (Å²) in [4.78, 5) is 0. The molecule has 0 bridgehead atoms. The number of nitrogens with zero attached hydrogens (tertiary/aromatic N) is 1. The number of halogens is 1. The van der Waals surface area contributed by atoms with Crippen LogP contribution in [0.3, 0.4) is 0 Å². The molecule has 1 aromatic carbocycles. The number of hydrogen-bond donors (Lipinski definition) is 0. The summed E-state index contributed by atoms with van der Waals surface area (Å²) in [5.74, 6) is 7.12. The molecular formula is C17H18FN. The molecule has 1 fully saturated rings. The molecule has 0 amide bonds. The number of rotatable bonds is 1. The van der Waals surface area contributed by atoms with Crippen molar-refractivity contribution < 1.29 is 4.39 Å². The normalized spacial score (nSPS) is 22.2. The van der Waals surface area contributed by atoms with Crippen LogP contribution in [-0.2, 0) is 0 Å². The molecular weight excluding hydrogens is 237 g/mol. The maximum atomic E-state index is 13.4. The lowest BCUT2D eigenvalue weighted by Crippen LogP contribution is -2.12. The van der Waals surface area contributed by atoms with E-state index in [4.69, 9.17) is 5.26 Å². The first-order chi connectivity index (χ1) is 9.22. The molecule has 0 N–H and O–H groups in total. The lowest BCUT2D eigenvalue weighted by molar-refractivity contribution is 0.309. The number of hydrogen-bond acceptors (Lipinski definition) is 1. The van der Waals surface area contributed by atoms with Crippen molar-refractivity contribution in [2.75, 3.05) is 0 Å². The molecule has 1 aliphatic rings. The van der Waals surface area contributed by atoms with Crippen LogP contribution in [0.1, 0.15) is 50.2 Å². The van der Waals surface area contributed by atoms with Gasteiger partial charge in [-0.25, -0.2) is 4.39 Å². The Labute approximate surface area is 114 Å². The minimum absolute atomic E-state index is 0.0778. The fourth-order valence-electron chi connectivity index (χ4n) is 2.58. The Bertz CT molecular complexity index is 537. The van der Waals surface area contributed by atoms with Gasteiger partial charge in [-0.1, -0.05) is 25.2 Å². The van der Waals surface area contributed by atoms with Gasteiger partial charge in [0.15, 0.2) is 0 Å². The smallest absolute Gasteiger partial charge is 0.142 e. The second-order valence-electron chi connectivity index (χ2n) is 5.20. The van der Waals surface area contributed by atoms with Crippen molar-refractivity contribution in [1.29, 1.82) is 5.26 Å². The van der Waals surface area contributed by atoms with Gasteiger partial charge in [0.1, 0.15) is 11.9 Å². The van der Waals surface area contributed by atoms with Crippen molar-refractivity contribution >= 4 is 0 Å². The Kier molecular flexibility index (Phi) is 4.58.